The van der Waals surface area contributed by atoms with Gasteiger partial charge in [-0.2, -0.15) is 0 Å². The first-order chi connectivity index (χ1) is 15.1. The molecule has 160 valence electrons. The van der Waals surface area contributed by atoms with Gasteiger partial charge in [0.25, 0.3) is 0 Å². The summed E-state index contributed by atoms with van der Waals surface area (Å²) in [7, 11) is 0. The van der Waals surface area contributed by atoms with E-state index >= 15 is 0 Å². The van der Waals surface area contributed by atoms with Crippen molar-refractivity contribution in [2.45, 2.75) is 38.9 Å². The van der Waals surface area contributed by atoms with E-state index in [0.29, 0.717) is 31.0 Å². The van der Waals surface area contributed by atoms with Gasteiger partial charge >= 0.3 is 0 Å². The van der Waals surface area contributed by atoms with Crippen molar-refractivity contribution in [2.75, 3.05) is 0 Å². The number of pyridine rings is 1. The van der Waals surface area contributed by atoms with Crippen LogP contribution in [0.2, 0.25) is 5.02 Å². The molecule has 31 heavy (non-hydrogen) atoms. The van der Waals surface area contributed by atoms with Gasteiger partial charge in [-0.1, -0.05) is 67.1 Å². The van der Waals surface area contributed by atoms with Gasteiger partial charge < -0.3 is 10.2 Å². The lowest BCUT2D eigenvalue weighted by molar-refractivity contribution is -0.141. The van der Waals surface area contributed by atoms with Gasteiger partial charge in [-0.25, -0.2) is 0 Å². The second-order valence-corrected chi connectivity index (χ2v) is 7.68. The highest BCUT2D eigenvalue weighted by molar-refractivity contribution is 6.30. The summed E-state index contributed by atoms with van der Waals surface area (Å²) in [4.78, 5) is 32.1. The maximum absolute atomic E-state index is 13.3. The fourth-order valence-electron chi connectivity index (χ4n) is 3.34. The molecule has 0 fully saturated rings. The largest absolute Gasteiger partial charge is 0.349 e. The van der Waals surface area contributed by atoms with E-state index in [1.165, 1.54) is 0 Å². The van der Waals surface area contributed by atoms with E-state index in [1.54, 1.807) is 23.2 Å². The number of hydrogen-bond donors (Lipinski definition) is 1. The Balaban J connectivity index is 1.85. The molecule has 1 atom stereocenters. The summed E-state index contributed by atoms with van der Waals surface area (Å²) >= 11 is 6.01. The Kier molecular flexibility index (Phi) is 8.19. The summed E-state index contributed by atoms with van der Waals surface area (Å²) in [5, 5.41) is 3.59. The molecule has 0 unspecified atom stereocenters. The molecular formula is C25H26ClN3O2. The summed E-state index contributed by atoms with van der Waals surface area (Å²) < 4.78 is 0. The molecule has 0 aliphatic carbocycles. The van der Waals surface area contributed by atoms with Crippen LogP contribution in [0.5, 0.6) is 0 Å². The minimum Gasteiger partial charge on any atom is -0.349 e. The molecule has 1 heterocycles. The fourth-order valence-corrected chi connectivity index (χ4v) is 3.47. The van der Waals surface area contributed by atoms with Crippen LogP contribution in [0.1, 0.15) is 30.2 Å². The number of carbonyl (C=O) groups excluding carboxylic acids is 2. The van der Waals surface area contributed by atoms with Crippen LogP contribution in [0.15, 0.2) is 79.0 Å². The average Bonchev–Trinajstić information content (AvgIpc) is 2.82. The van der Waals surface area contributed by atoms with Gasteiger partial charge in [-0.05, 0) is 35.4 Å². The number of nitrogens with zero attached hydrogens (tertiary/aromatic N) is 2. The van der Waals surface area contributed by atoms with Crippen molar-refractivity contribution >= 4 is 23.4 Å². The number of amides is 2. The molecule has 1 N–H and O–H groups in total. The maximum Gasteiger partial charge on any atom is 0.243 e. The van der Waals surface area contributed by atoms with Crippen molar-refractivity contribution in [1.82, 2.24) is 15.2 Å². The van der Waals surface area contributed by atoms with Crippen molar-refractivity contribution in [1.29, 1.82) is 0 Å². The highest BCUT2D eigenvalue weighted by Crippen LogP contribution is 2.17. The monoisotopic (exact) mass is 435 g/mol. The minimum absolute atomic E-state index is 0.0798. The topological polar surface area (TPSA) is 62.3 Å². The number of aromatic nitrogens is 1. The zero-order valence-electron chi connectivity index (χ0n) is 17.5. The normalized spacial score (nSPS) is 11.5. The van der Waals surface area contributed by atoms with Crippen LogP contribution in [-0.4, -0.2) is 27.7 Å². The first-order valence-electron chi connectivity index (χ1n) is 10.3. The molecule has 0 saturated carbocycles. The van der Waals surface area contributed by atoms with Crippen LogP contribution in [-0.2, 0) is 29.1 Å². The van der Waals surface area contributed by atoms with E-state index in [4.69, 9.17) is 11.6 Å². The van der Waals surface area contributed by atoms with Crippen LogP contribution < -0.4 is 5.32 Å². The second kappa shape index (κ2) is 11.3. The molecule has 0 saturated heterocycles. The van der Waals surface area contributed by atoms with Gasteiger partial charge in [-0.3, -0.25) is 14.6 Å². The van der Waals surface area contributed by atoms with Crippen molar-refractivity contribution in [2.24, 2.45) is 0 Å². The summed E-state index contributed by atoms with van der Waals surface area (Å²) in [6, 6.07) is 22.0. The van der Waals surface area contributed by atoms with Crippen molar-refractivity contribution in [3.05, 3.63) is 101 Å². The summed E-state index contributed by atoms with van der Waals surface area (Å²) in [6.45, 7) is 2.45. The fraction of sp³-hybridized carbons (Fsp3) is 0.240. The van der Waals surface area contributed by atoms with E-state index in [1.807, 2.05) is 67.6 Å². The molecule has 0 radical (unpaired) electrons. The number of rotatable bonds is 9. The molecule has 5 nitrogen and oxygen atoms in total. The smallest absolute Gasteiger partial charge is 0.243 e. The minimum atomic E-state index is -0.644. The second-order valence-electron chi connectivity index (χ2n) is 7.25. The van der Waals surface area contributed by atoms with Crippen molar-refractivity contribution < 1.29 is 9.59 Å². The maximum atomic E-state index is 13.3. The number of hydrogen-bond acceptors (Lipinski definition) is 3. The predicted molar refractivity (Wildman–Crippen MR) is 122 cm³/mol. The molecule has 3 aromatic rings. The zero-order valence-corrected chi connectivity index (χ0v) is 18.3. The highest BCUT2D eigenvalue weighted by Gasteiger charge is 2.29. The van der Waals surface area contributed by atoms with Crippen LogP contribution in [0.25, 0.3) is 0 Å². The predicted octanol–water partition coefficient (Wildman–Crippen LogP) is 4.40. The van der Waals surface area contributed by atoms with Gasteiger partial charge in [0, 0.05) is 30.6 Å². The van der Waals surface area contributed by atoms with Crippen molar-refractivity contribution in [3.63, 3.8) is 0 Å². The number of carbonyl (C=O) groups is 2. The van der Waals surface area contributed by atoms with Gasteiger partial charge in [0.05, 0.1) is 12.2 Å². The third-order valence-corrected chi connectivity index (χ3v) is 5.26. The van der Waals surface area contributed by atoms with E-state index < -0.39 is 6.04 Å². The molecule has 6 heteroatoms. The first-order valence-corrected chi connectivity index (χ1v) is 10.7. The van der Waals surface area contributed by atoms with E-state index in [9.17, 15) is 9.59 Å². The first kappa shape index (κ1) is 22.5. The van der Waals surface area contributed by atoms with Gasteiger partial charge in [0.15, 0.2) is 0 Å². The van der Waals surface area contributed by atoms with Gasteiger partial charge in [0.2, 0.25) is 11.8 Å². The lowest BCUT2D eigenvalue weighted by Gasteiger charge is -2.31. The Morgan fingerprint density at radius 3 is 2.32 bits per heavy atom. The molecule has 0 aliphatic rings. The third-order valence-electron chi connectivity index (χ3n) is 5.01. The van der Waals surface area contributed by atoms with Gasteiger partial charge in [0.1, 0.15) is 6.04 Å². The molecule has 0 bridgehead atoms. The van der Waals surface area contributed by atoms with Crippen LogP contribution in [0.3, 0.4) is 0 Å². The van der Waals surface area contributed by atoms with E-state index in [2.05, 4.69) is 10.3 Å². The lowest BCUT2D eigenvalue weighted by atomic mass is 10.0. The molecule has 2 aromatic carbocycles. The molecule has 0 spiro atoms. The Bertz CT molecular complexity index is 979. The molecule has 0 aliphatic heterocycles. The van der Waals surface area contributed by atoms with Gasteiger partial charge in [-0.15, -0.1) is 0 Å². The summed E-state index contributed by atoms with van der Waals surface area (Å²) in [6.07, 6.45) is 2.43. The number of benzene rings is 2. The molecule has 3 rings (SSSR count). The van der Waals surface area contributed by atoms with Crippen LogP contribution >= 0.6 is 11.6 Å². The van der Waals surface area contributed by atoms with E-state index in [0.717, 1.165) is 16.8 Å². The lowest BCUT2D eigenvalue weighted by Crippen LogP contribution is -2.50. The summed E-state index contributed by atoms with van der Waals surface area (Å²) in [5.41, 5.74) is 2.67. The molecule has 1 aromatic heterocycles. The average molecular weight is 436 g/mol. The van der Waals surface area contributed by atoms with Crippen molar-refractivity contribution in [3.8, 4) is 0 Å². The quantitative estimate of drug-likeness (QED) is 0.541. The molecule has 2 amide bonds. The summed E-state index contributed by atoms with van der Waals surface area (Å²) in [5.74, 6) is -0.283. The van der Waals surface area contributed by atoms with Crippen LogP contribution in [0, 0.1) is 0 Å². The van der Waals surface area contributed by atoms with E-state index in [-0.39, 0.29) is 11.8 Å². The Morgan fingerprint density at radius 2 is 1.68 bits per heavy atom. The Hall–Kier alpha value is -3.18. The third kappa shape index (κ3) is 6.66. The standard InChI is InChI=1S/C25H26ClN3O2/c1-2-24(30)29(18-20-11-13-21(26)14-12-20)23(16-19-8-4-3-5-9-19)25(31)28-17-22-10-6-7-15-27-22/h3-15,23H,2,16-18H2,1H3,(H,28,31)/t23-/m0/s1. The Labute approximate surface area is 188 Å². The zero-order chi connectivity index (χ0) is 22.1. The molecular weight excluding hydrogens is 410 g/mol. The number of halogens is 1. The SMILES string of the molecule is CCC(=O)N(Cc1ccc(Cl)cc1)[C@@H](Cc1ccccc1)C(=O)NCc1ccccn1. The van der Waals surface area contributed by atoms with Crippen LogP contribution in [0.4, 0.5) is 0 Å². The number of nitrogens with one attached hydrogen (secondary N) is 1. The highest BCUT2D eigenvalue weighted by atomic mass is 35.5. The Morgan fingerprint density at radius 1 is 0.968 bits per heavy atom.